The Kier molecular flexibility index (Phi) is 3.58. The Bertz CT molecular complexity index is 286. The minimum Gasteiger partial charge on any atom is -0.506 e. The molecular formula is C10H14ClNO. The van der Waals surface area contributed by atoms with E-state index >= 15 is 0 Å². The first-order chi connectivity index (χ1) is 6.11. The fraction of sp³-hybridized carbons (Fsp3) is 0.400. The highest BCUT2D eigenvalue weighted by Crippen LogP contribution is 2.27. The van der Waals surface area contributed by atoms with Gasteiger partial charge in [0.05, 0.1) is 5.02 Å². The summed E-state index contributed by atoms with van der Waals surface area (Å²) in [5.41, 5.74) is 6.58. The summed E-state index contributed by atoms with van der Waals surface area (Å²) in [7, 11) is 0. The summed E-state index contributed by atoms with van der Waals surface area (Å²) in [6, 6.07) is 5.44. The molecule has 1 rings (SSSR count). The molecule has 0 saturated carbocycles. The monoisotopic (exact) mass is 199 g/mol. The van der Waals surface area contributed by atoms with E-state index in [-0.39, 0.29) is 11.8 Å². The lowest BCUT2D eigenvalue weighted by Crippen LogP contribution is -2.15. The zero-order valence-corrected chi connectivity index (χ0v) is 8.38. The number of hydrogen-bond acceptors (Lipinski definition) is 2. The molecule has 1 aromatic carbocycles. The van der Waals surface area contributed by atoms with Crippen LogP contribution >= 0.6 is 11.6 Å². The summed E-state index contributed by atoms with van der Waals surface area (Å²) in [6.45, 7) is 1.96. The Morgan fingerprint density at radius 3 is 2.85 bits per heavy atom. The van der Waals surface area contributed by atoms with Crippen LogP contribution in [-0.2, 0) is 6.42 Å². The second-order valence-corrected chi connectivity index (χ2v) is 3.64. The van der Waals surface area contributed by atoms with Gasteiger partial charge in [0.15, 0.2) is 0 Å². The Hall–Kier alpha value is -0.730. The minimum atomic E-state index is 0.142. The van der Waals surface area contributed by atoms with Crippen molar-refractivity contribution in [1.82, 2.24) is 0 Å². The first-order valence-corrected chi connectivity index (χ1v) is 4.71. The van der Waals surface area contributed by atoms with Crippen molar-refractivity contribution in [2.75, 3.05) is 0 Å². The number of hydrogen-bond donors (Lipinski definition) is 2. The first kappa shape index (κ1) is 10.4. The van der Waals surface area contributed by atoms with Gasteiger partial charge in [-0.15, -0.1) is 0 Å². The summed E-state index contributed by atoms with van der Waals surface area (Å²) in [5.74, 6) is 0.142. The highest BCUT2D eigenvalue weighted by Gasteiger charge is 2.05. The topological polar surface area (TPSA) is 46.2 Å². The molecular weight excluding hydrogens is 186 g/mol. The van der Waals surface area contributed by atoms with Gasteiger partial charge >= 0.3 is 0 Å². The molecule has 72 valence electrons. The van der Waals surface area contributed by atoms with Crippen LogP contribution < -0.4 is 5.73 Å². The molecule has 0 aliphatic heterocycles. The van der Waals surface area contributed by atoms with Gasteiger partial charge in [-0.05, 0) is 31.4 Å². The summed E-state index contributed by atoms with van der Waals surface area (Å²) in [5, 5.41) is 9.75. The van der Waals surface area contributed by atoms with Gasteiger partial charge in [-0.3, -0.25) is 0 Å². The van der Waals surface area contributed by atoms with Crippen LogP contribution in [0.2, 0.25) is 5.02 Å². The Balaban J connectivity index is 2.71. The molecule has 0 bridgehead atoms. The molecule has 0 saturated heterocycles. The zero-order chi connectivity index (χ0) is 9.84. The van der Waals surface area contributed by atoms with Gasteiger partial charge in [-0.25, -0.2) is 0 Å². The molecule has 2 nitrogen and oxygen atoms in total. The van der Waals surface area contributed by atoms with E-state index in [1.165, 1.54) is 0 Å². The number of rotatable bonds is 3. The Morgan fingerprint density at radius 2 is 2.23 bits per heavy atom. The highest BCUT2D eigenvalue weighted by atomic mass is 35.5. The fourth-order valence-electron chi connectivity index (χ4n) is 1.14. The molecule has 1 unspecified atom stereocenters. The molecule has 1 aromatic rings. The van der Waals surface area contributed by atoms with Gasteiger partial charge in [0.25, 0.3) is 0 Å². The molecule has 0 aromatic heterocycles. The van der Waals surface area contributed by atoms with Crippen LogP contribution in [-0.4, -0.2) is 11.1 Å². The van der Waals surface area contributed by atoms with Gasteiger partial charge in [-0.2, -0.15) is 0 Å². The van der Waals surface area contributed by atoms with Crippen molar-refractivity contribution in [3.63, 3.8) is 0 Å². The minimum absolute atomic E-state index is 0.142. The predicted molar refractivity (Wildman–Crippen MR) is 55.1 cm³/mol. The first-order valence-electron chi connectivity index (χ1n) is 4.33. The molecule has 3 heteroatoms. The Labute approximate surface area is 83.3 Å². The lowest BCUT2D eigenvalue weighted by atomic mass is 10.1. The van der Waals surface area contributed by atoms with Crippen molar-refractivity contribution in [2.24, 2.45) is 5.73 Å². The van der Waals surface area contributed by atoms with Crippen LogP contribution in [0.1, 0.15) is 18.9 Å². The number of phenolic OH excluding ortho intramolecular Hbond substituents is 1. The van der Waals surface area contributed by atoms with E-state index in [2.05, 4.69) is 0 Å². The predicted octanol–water partition coefficient (Wildman–Crippen LogP) is 2.33. The van der Waals surface area contributed by atoms with E-state index in [1.54, 1.807) is 12.1 Å². The molecule has 13 heavy (non-hydrogen) atoms. The Morgan fingerprint density at radius 1 is 1.54 bits per heavy atom. The average molecular weight is 200 g/mol. The normalized spacial score (nSPS) is 12.8. The van der Waals surface area contributed by atoms with Gasteiger partial charge < -0.3 is 10.8 Å². The molecule has 0 heterocycles. The van der Waals surface area contributed by atoms with E-state index in [9.17, 15) is 5.11 Å². The second-order valence-electron chi connectivity index (χ2n) is 3.27. The fourth-order valence-corrected chi connectivity index (χ4v) is 1.36. The molecule has 0 aliphatic carbocycles. The molecule has 3 N–H and O–H groups in total. The second kappa shape index (κ2) is 4.49. The summed E-state index contributed by atoms with van der Waals surface area (Å²) in [6.07, 6.45) is 1.69. The third-order valence-corrected chi connectivity index (χ3v) is 2.36. The third kappa shape index (κ3) is 2.90. The quantitative estimate of drug-likeness (QED) is 0.785. The molecule has 0 fully saturated rings. The van der Waals surface area contributed by atoms with E-state index in [4.69, 9.17) is 17.3 Å². The number of aryl methyl sites for hydroxylation is 1. The largest absolute Gasteiger partial charge is 0.506 e. The zero-order valence-electron chi connectivity index (χ0n) is 7.63. The summed E-state index contributed by atoms with van der Waals surface area (Å²) in [4.78, 5) is 0. The van der Waals surface area contributed by atoms with Crippen molar-refractivity contribution >= 4 is 11.6 Å². The highest BCUT2D eigenvalue weighted by molar-refractivity contribution is 6.32. The van der Waals surface area contributed by atoms with E-state index < -0.39 is 0 Å². The van der Waals surface area contributed by atoms with Crippen LogP contribution in [0.4, 0.5) is 0 Å². The van der Waals surface area contributed by atoms with Crippen LogP contribution in [0.15, 0.2) is 18.2 Å². The summed E-state index contributed by atoms with van der Waals surface area (Å²) >= 11 is 5.89. The van der Waals surface area contributed by atoms with Crippen LogP contribution in [0.5, 0.6) is 5.75 Å². The van der Waals surface area contributed by atoms with E-state index in [0.29, 0.717) is 5.02 Å². The lowest BCUT2D eigenvalue weighted by Gasteiger charge is -2.07. The van der Waals surface area contributed by atoms with Crippen LogP contribution in [0.25, 0.3) is 0 Å². The van der Waals surface area contributed by atoms with Gasteiger partial charge in [-0.1, -0.05) is 23.7 Å². The maximum Gasteiger partial charge on any atom is 0.134 e. The van der Waals surface area contributed by atoms with E-state index in [1.807, 2.05) is 13.0 Å². The SMILES string of the molecule is CC(N)CCc1cccc(O)c1Cl. The van der Waals surface area contributed by atoms with Crippen molar-refractivity contribution in [3.8, 4) is 5.75 Å². The third-order valence-electron chi connectivity index (χ3n) is 1.93. The molecule has 0 amide bonds. The van der Waals surface area contributed by atoms with Crippen molar-refractivity contribution in [1.29, 1.82) is 0 Å². The van der Waals surface area contributed by atoms with Gasteiger partial charge in [0.2, 0.25) is 0 Å². The van der Waals surface area contributed by atoms with Gasteiger partial charge in [0, 0.05) is 6.04 Å². The molecule has 0 radical (unpaired) electrons. The maximum absolute atomic E-state index is 9.30. The number of aromatic hydroxyl groups is 1. The van der Waals surface area contributed by atoms with Crippen LogP contribution in [0, 0.1) is 0 Å². The smallest absolute Gasteiger partial charge is 0.134 e. The molecule has 0 aliphatic rings. The van der Waals surface area contributed by atoms with Gasteiger partial charge in [0.1, 0.15) is 5.75 Å². The molecule has 0 spiro atoms. The standard InChI is InChI=1S/C10H14ClNO/c1-7(12)5-6-8-3-2-4-9(13)10(8)11/h2-4,7,13H,5-6,12H2,1H3. The van der Waals surface area contributed by atoms with Crippen molar-refractivity contribution in [3.05, 3.63) is 28.8 Å². The number of phenols is 1. The number of halogens is 1. The van der Waals surface area contributed by atoms with E-state index in [0.717, 1.165) is 18.4 Å². The summed E-state index contributed by atoms with van der Waals surface area (Å²) < 4.78 is 0. The van der Waals surface area contributed by atoms with Crippen molar-refractivity contribution < 1.29 is 5.11 Å². The van der Waals surface area contributed by atoms with Crippen molar-refractivity contribution in [2.45, 2.75) is 25.8 Å². The number of nitrogens with two attached hydrogens (primary N) is 1. The molecule has 1 atom stereocenters. The average Bonchev–Trinajstić information content (AvgIpc) is 2.07. The lowest BCUT2D eigenvalue weighted by molar-refractivity contribution is 0.474. The number of benzene rings is 1. The van der Waals surface area contributed by atoms with Crippen LogP contribution in [0.3, 0.4) is 0 Å². The maximum atomic E-state index is 9.30.